The maximum absolute atomic E-state index is 12.4. The van der Waals surface area contributed by atoms with E-state index in [0.717, 1.165) is 45.2 Å². The van der Waals surface area contributed by atoms with Crippen LogP contribution in [0.4, 0.5) is 0 Å². The van der Waals surface area contributed by atoms with Gasteiger partial charge in [0, 0.05) is 18.6 Å². The van der Waals surface area contributed by atoms with Gasteiger partial charge in [-0.25, -0.2) is 0 Å². The predicted octanol–water partition coefficient (Wildman–Crippen LogP) is 1.67. The van der Waals surface area contributed by atoms with E-state index in [0.29, 0.717) is 12.5 Å². The first kappa shape index (κ1) is 17.3. The van der Waals surface area contributed by atoms with E-state index in [9.17, 15) is 9.59 Å². The van der Waals surface area contributed by atoms with E-state index in [1.807, 2.05) is 0 Å². The largest absolute Gasteiger partial charge is 0.353 e. The summed E-state index contributed by atoms with van der Waals surface area (Å²) >= 11 is 0. The molecule has 0 bridgehead atoms. The molecule has 5 nitrogen and oxygen atoms in total. The topological polar surface area (TPSA) is 61.4 Å². The van der Waals surface area contributed by atoms with Crippen LogP contribution < -0.4 is 10.6 Å². The molecule has 1 heterocycles. The van der Waals surface area contributed by atoms with E-state index in [-0.39, 0.29) is 29.8 Å². The molecule has 0 aromatic carbocycles. The van der Waals surface area contributed by atoms with Gasteiger partial charge in [-0.1, -0.05) is 27.2 Å². The van der Waals surface area contributed by atoms with Crippen LogP contribution in [0.25, 0.3) is 0 Å². The van der Waals surface area contributed by atoms with Crippen LogP contribution in [0, 0.1) is 5.92 Å². The van der Waals surface area contributed by atoms with Gasteiger partial charge >= 0.3 is 0 Å². The minimum atomic E-state index is -0.301. The van der Waals surface area contributed by atoms with Crippen LogP contribution in [0.3, 0.4) is 0 Å². The molecule has 1 unspecified atom stereocenters. The Morgan fingerprint density at radius 3 is 2.77 bits per heavy atom. The van der Waals surface area contributed by atoms with Crippen molar-refractivity contribution >= 4 is 11.8 Å². The maximum atomic E-state index is 12.4. The number of carbonyl (C=O) groups excluding carboxylic acids is 2. The van der Waals surface area contributed by atoms with Gasteiger partial charge in [0.1, 0.15) is 0 Å². The van der Waals surface area contributed by atoms with Crippen molar-refractivity contribution in [2.75, 3.05) is 19.6 Å². The lowest BCUT2D eigenvalue weighted by molar-refractivity contribution is -0.134. The van der Waals surface area contributed by atoms with Crippen LogP contribution in [0.2, 0.25) is 0 Å². The fourth-order valence-electron chi connectivity index (χ4n) is 3.26. The standard InChI is InChI=1S/C17H31N3O2/c1-4-6-17(7-8-17)19-15(21)12-14-16(22)18-9-11-20(14)10-5-13(2)3/h13-14H,4-12H2,1-3H3,(H,18,22)(H,19,21). The van der Waals surface area contributed by atoms with Crippen molar-refractivity contribution in [2.45, 2.75) is 70.9 Å². The Hall–Kier alpha value is -1.10. The second kappa shape index (κ2) is 7.44. The summed E-state index contributed by atoms with van der Waals surface area (Å²) in [7, 11) is 0. The molecule has 2 N–H and O–H groups in total. The molecule has 0 aromatic heterocycles. The van der Waals surface area contributed by atoms with Gasteiger partial charge in [0.25, 0.3) is 0 Å². The molecular formula is C17H31N3O2. The van der Waals surface area contributed by atoms with Crippen molar-refractivity contribution < 1.29 is 9.59 Å². The van der Waals surface area contributed by atoms with Gasteiger partial charge < -0.3 is 10.6 Å². The summed E-state index contributed by atoms with van der Waals surface area (Å²) in [5, 5.41) is 6.07. The van der Waals surface area contributed by atoms with Gasteiger partial charge in [0.2, 0.25) is 11.8 Å². The zero-order valence-corrected chi connectivity index (χ0v) is 14.3. The monoisotopic (exact) mass is 309 g/mol. The van der Waals surface area contributed by atoms with E-state index >= 15 is 0 Å². The second-order valence-corrected chi connectivity index (χ2v) is 7.31. The Bertz CT molecular complexity index is 405. The maximum Gasteiger partial charge on any atom is 0.237 e. The zero-order chi connectivity index (χ0) is 16.2. The highest BCUT2D eigenvalue weighted by atomic mass is 16.2. The summed E-state index contributed by atoms with van der Waals surface area (Å²) in [6, 6.07) is -0.301. The molecule has 2 aliphatic rings. The first-order valence-electron chi connectivity index (χ1n) is 8.78. The molecule has 1 atom stereocenters. The molecule has 2 fully saturated rings. The molecular weight excluding hydrogens is 278 g/mol. The average Bonchev–Trinajstić information content (AvgIpc) is 3.19. The Balaban J connectivity index is 1.88. The SMILES string of the molecule is CCCC1(NC(=O)CC2C(=O)NCCN2CCC(C)C)CC1. The molecule has 0 radical (unpaired) electrons. The molecule has 1 aliphatic carbocycles. The van der Waals surface area contributed by atoms with Crippen molar-refractivity contribution in [3.63, 3.8) is 0 Å². The Morgan fingerprint density at radius 2 is 2.18 bits per heavy atom. The molecule has 0 aromatic rings. The number of carbonyl (C=O) groups is 2. The first-order valence-corrected chi connectivity index (χ1v) is 8.78. The van der Waals surface area contributed by atoms with Gasteiger partial charge in [0.15, 0.2) is 0 Å². The van der Waals surface area contributed by atoms with Crippen molar-refractivity contribution in [2.24, 2.45) is 5.92 Å². The quantitative estimate of drug-likeness (QED) is 0.717. The Kier molecular flexibility index (Phi) is 5.84. The highest BCUT2D eigenvalue weighted by Gasteiger charge is 2.43. The number of amides is 2. The third-order valence-electron chi connectivity index (χ3n) is 4.80. The molecule has 0 spiro atoms. The van der Waals surface area contributed by atoms with Crippen molar-refractivity contribution in [1.82, 2.24) is 15.5 Å². The normalized spacial score (nSPS) is 24.2. The average molecular weight is 309 g/mol. The van der Waals surface area contributed by atoms with Crippen LogP contribution in [-0.2, 0) is 9.59 Å². The van der Waals surface area contributed by atoms with E-state index in [4.69, 9.17) is 0 Å². The molecule has 22 heavy (non-hydrogen) atoms. The van der Waals surface area contributed by atoms with Gasteiger partial charge in [-0.3, -0.25) is 14.5 Å². The summed E-state index contributed by atoms with van der Waals surface area (Å²) in [5.74, 6) is 0.645. The second-order valence-electron chi connectivity index (χ2n) is 7.31. The summed E-state index contributed by atoms with van der Waals surface area (Å²) in [6.07, 6.45) is 5.65. The summed E-state index contributed by atoms with van der Waals surface area (Å²) in [6.45, 7) is 8.95. The van der Waals surface area contributed by atoms with Crippen molar-refractivity contribution in [3.05, 3.63) is 0 Å². The highest BCUT2D eigenvalue weighted by Crippen LogP contribution is 2.39. The predicted molar refractivity (Wildman–Crippen MR) is 87.5 cm³/mol. The minimum Gasteiger partial charge on any atom is -0.353 e. The van der Waals surface area contributed by atoms with Gasteiger partial charge in [-0.15, -0.1) is 0 Å². The fourth-order valence-corrected chi connectivity index (χ4v) is 3.26. The number of hydrogen-bond donors (Lipinski definition) is 2. The van der Waals surface area contributed by atoms with Gasteiger partial charge in [-0.2, -0.15) is 0 Å². The fraction of sp³-hybridized carbons (Fsp3) is 0.882. The summed E-state index contributed by atoms with van der Waals surface area (Å²) in [4.78, 5) is 26.7. The van der Waals surface area contributed by atoms with Crippen LogP contribution in [-0.4, -0.2) is 47.9 Å². The highest BCUT2D eigenvalue weighted by molar-refractivity contribution is 5.89. The van der Waals surface area contributed by atoms with Crippen molar-refractivity contribution in [3.8, 4) is 0 Å². The molecule has 1 saturated carbocycles. The van der Waals surface area contributed by atoms with Crippen LogP contribution >= 0.6 is 0 Å². The van der Waals surface area contributed by atoms with Crippen molar-refractivity contribution in [1.29, 1.82) is 0 Å². The first-order chi connectivity index (χ1) is 10.5. The van der Waals surface area contributed by atoms with E-state index in [1.54, 1.807) is 0 Å². The molecule has 2 amide bonds. The lowest BCUT2D eigenvalue weighted by atomic mass is 10.0. The number of nitrogens with zero attached hydrogens (tertiary/aromatic N) is 1. The van der Waals surface area contributed by atoms with E-state index in [2.05, 4.69) is 36.3 Å². The Labute approximate surface area is 134 Å². The summed E-state index contributed by atoms with van der Waals surface area (Å²) in [5.41, 5.74) is 0.0414. The van der Waals surface area contributed by atoms with E-state index < -0.39 is 0 Å². The molecule has 126 valence electrons. The third kappa shape index (κ3) is 4.70. The molecule has 5 heteroatoms. The number of rotatable bonds is 8. The number of nitrogens with one attached hydrogen (secondary N) is 2. The zero-order valence-electron chi connectivity index (χ0n) is 14.3. The van der Waals surface area contributed by atoms with Gasteiger partial charge in [-0.05, 0) is 38.1 Å². The lowest BCUT2D eigenvalue weighted by Gasteiger charge is -2.35. The third-order valence-corrected chi connectivity index (χ3v) is 4.80. The van der Waals surface area contributed by atoms with E-state index in [1.165, 1.54) is 0 Å². The van der Waals surface area contributed by atoms with Crippen LogP contribution in [0.5, 0.6) is 0 Å². The lowest BCUT2D eigenvalue weighted by Crippen LogP contribution is -2.57. The van der Waals surface area contributed by atoms with Gasteiger partial charge in [0.05, 0.1) is 12.5 Å². The summed E-state index contributed by atoms with van der Waals surface area (Å²) < 4.78 is 0. The Morgan fingerprint density at radius 1 is 1.45 bits per heavy atom. The smallest absolute Gasteiger partial charge is 0.237 e. The molecule has 1 aliphatic heterocycles. The molecule has 1 saturated heterocycles. The van der Waals surface area contributed by atoms with Crippen LogP contribution in [0.1, 0.15) is 59.3 Å². The van der Waals surface area contributed by atoms with Crippen LogP contribution in [0.15, 0.2) is 0 Å². The molecule has 2 rings (SSSR count). The minimum absolute atomic E-state index is 0.00509. The number of hydrogen-bond acceptors (Lipinski definition) is 3. The number of piperazine rings is 1.